The van der Waals surface area contributed by atoms with E-state index in [4.69, 9.17) is 14.9 Å². The van der Waals surface area contributed by atoms with Crippen molar-refractivity contribution in [2.45, 2.75) is 18.9 Å². The van der Waals surface area contributed by atoms with E-state index >= 15 is 0 Å². The Bertz CT molecular complexity index is 732. The number of benzene rings is 1. The van der Waals surface area contributed by atoms with E-state index in [-0.39, 0.29) is 42.6 Å². The van der Waals surface area contributed by atoms with E-state index in [2.05, 4.69) is 10.6 Å². The van der Waals surface area contributed by atoms with E-state index in [1.807, 2.05) is 0 Å². The zero-order valence-corrected chi connectivity index (χ0v) is 15.0. The summed E-state index contributed by atoms with van der Waals surface area (Å²) in [4.78, 5) is 23.7. The fourth-order valence-electron chi connectivity index (χ4n) is 2.39. The molecule has 1 aromatic heterocycles. The van der Waals surface area contributed by atoms with Crippen molar-refractivity contribution in [1.82, 2.24) is 5.32 Å². The molecule has 2 aromatic rings. The molecule has 1 aliphatic carbocycles. The Hall–Kier alpha value is -2.51. The molecule has 1 unspecified atom stereocenters. The predicted molar refractivity (Wildman–Crippen MR) is 99.6 cm³/mol. The third kappa shape index (κ3) is 5.79. The lowest BCUT2D eigenvalue weighted by Crippen LogP contribution is -2.40. The SMILES string of the molecule is Cl.NC(CNC(=O)COc1cccc(NC(=O)c2ccco2)c1)C1CC1. The van der Waals surface area contributed by atoms with Gasteiger partial charge in [0.25, 0.3) is 11.8 Å². The highest BCUT2D eigenvalue weighted by Gasteiger charge is 2.28. The summed E-state index contributed by atoms with van der Waals surface area (Å²) in [6.07, 6.45) is 3.72. The summed E-state index contributed by atoms with van der Waals surface area (Å²) in [5, 5.41) is 5.47. The van der Waals surface area contributed by atoms with Gasteiger partial charge < -0.3 is 25.5 Å². The van der Waals surface area contributed by atoms with Crippen LogP contribution >= 0.6 is 12.4 Å². The number of rotatable bonds is 8. The monoisotopic (exact) mass is 379 g/mol. The first-order chi connectivity index (χ1) is 12.1. The fraction of sp³-hybridized carbons (Fsp3) is 0.333. The van der Waals surface area contributed by atoms with Crippen LogP contribution < -0.4 is 21.1 Å². The zero-order chi connectivity index (χ0) is 17.6. The van der Waals surface area contributed by atoms with Crippen molar-refractivity contribution in [1.29, 1.82) is 0 Å². The van der Waals surface area contributed by atoms with E-state index < -0.39 is 0 Å². The van der Waals surface area contributed by atoms with Crippen molar-refractivity contribution in [2.75, 3.05) is 18.5 Å². The van der Waals surface area contributed by atoms with Gasteiger partial charge in [-0.15, -0.1) is 12.4 Å². The highest BCUT2D eigenvalue weighted by atomic mass is 35.5. The Morgan fingerprint density at radius 1 is 1.27 bits per heavy atom. The molecule has 2 amide bonds. The van der Waals surface area contributed by atoms with E-state index in [1.54, 1.807) is 36.4 Å². The maximum absolute atomic E-state index is 11.9. The molecule has 140 valence electrons. The molecule has 26 heavy (non-hydrogen) atoms. The quantitative estimate of drug-likeness (QED) is 0.651. The lowest BCUT2D eigenvalue weighted by atomic mass is 10.2. The fourth-order valence-corrected chi connectivity index (χ4v) is 2.39. The Labute approximate surface area is 157 Å². The number of nitrogens with one attached hydrogen (secondary N) is 2. The number of ether oxygens (including phenoxy) is 1. The molecule has 1 atom stereocenters. The predicted octanol–water partition coefficient (Wildman–Crippen LogP) is 2.19. The first kappa shape index (κ1) is 19.8. The van der Waals surface area contributed by atoms with Gasteiger partial charge >= 0.3 is 0 Å². The minimum atomic E-state index is -0.353. The van der Waals surface area contributed by atoms with E-state index in [1.165, 1.54) is 6.26 Å². The van der Waals surface area contributed by atoms with Crippen molar-refractivity contribution in [3.63, 3.8) is 0 Å². The van der Waals surface area contributed by atoms with Crippen LogP contribution in [0.25, 0.3) is 0 Å². The van der Waals surface area contributed by atoms with Gasteiger partial charge in [-0.2, -0.15) is 0 Å². The number of amides is 2. The molecule has 1 saturated carbocycles. The summed E-state index contributed by atoms with van der Waals surface area (Å²) in [6.45, 7) is 0.360. The van der Waals surface area contributed by atoms with Crippen molar-refractivity contribution in [2.24, 2.45) is 11.7 Å². The van der Waals surface area contributed by atoms with Crippen LogP contribution in [-0.4, -0.2) is 31.0 Å². The number of carbonyl (C=O) groups is 2. The molecule has 7 nitrogen and oxygen atoms in total. The number of carbonyl (C=O) groups excluding carboxylic acids is 2. The lowest BCUT2D eigenvalue weighted by molar-refractivity contribution is -0.123. The minimum absolute atomic E-state index is 0. The van der Waals surface area contributed by atoms with Gasteiger partial charge in [0.2, 0.25) is 0 Å². The van der Waals surface area contributed by atoms with Crippen molar-refractivity contribution >= 4 is 29.9 Å². The third-order valence-electron chi connectivity index (χ3n) is 3.97. The molecule has 1 aliphatic rings. The Balaban J connectivity index is 0.00000243. The van der Waals surface area contributed by atoms with Crippen LogP contribution in [0.4, 0.5) is 5.69 Å². The zero-order valence-electron chi connectivity index (χ0n) is 14.1. The standard InChI is InChI=1S/C18H21N3O4.ClH/c19-15(12-6-7-12)10-20-17(22)11-25-14-4-1-3-13(9-14)21-18(23)16-5-2-8-24-16;/h1-5,8-9,12,15H,6-7,10-11,19H2,(H,20,22)(H,21,23);1H. The molecular formula is C18H22ClN3O4. The second-order valence-electron chi connectivity index (χ2n) is 6.05. The van der Waals surface area contributed by atoms with E-state index in [0.717, 1.165) is 12.8 Å². The van der Waals surface area contributed by atoms with Gasteiger partial charge in [-0.05, 0) is 43.0 Å². The molecule has 1 fully saturated rings. The van der Waals surface area contributed by atoms with Crippen molar-refractivity contribution in [3.8, 4) is 5.75 Å². The van der Waals surface area contributed by atoms with E-state index in [0.29, 0.717) is 23.9 Å². The molecule has 4 N–H and O–H groups in total. The summed E-state index contributed by atoms with van der Waals surface area (Å²) < 4.78 is 10.5. The van der Waals surface area contributed by atoms with Crippen molar-refractivity contribution in [3.05, 3.63) is 48.4 Å². The number of anilines is 1. The van der Waals surface area contributed by atoms with Gasteiger partial charge in [-0.1, -0.05) is 6.07 Å². The number of furan rings is 1. The van der Waals surface area contributed by atoms with Crippen LogP contribution in [0, 0.1) is 5.92 Å². The van der Waals surface area contributed by atoms with Crippen LogP contribution in [0.15, 0.2) is 47.1 Å². The average Bonchev–Trinajstić information content (AvgIpc) is 3.32. The third-order valence-corrected chi connectivity index (χ3v) is 3.97. The highest BCUT2D eigenvalue weighted by molar-refractivity contribution is 6.02. The van der Waals surface area contributed by atoms with Crippen LogP contribution in [0.5, 0.6) is 5.75 Å². The number of hydrogen-bond acceptors (Lipinski definition) is 5. The van der Waals surface area contributed by atoms with Crippen molar-refractivity contribution < 1.29 is 18.7 Å². The van der Waals surface area contributed by atoms with Gasteiger partial charge in [-0.25, -0.2) is 0 Å². The minimum Gasteiger partial charge on any atom is -0.484 e. The number of nitrogens with two attached hydrogens (primary N) is 1. The highest BCUT2D eigenvalue weighted by Crippen LogP contribution is 2.31. The summed E-state index contributed by atoms with van der Waals surface area (Å²) in [6, 6.07) is 10.0. The molecule has 0 aliphatic heterocycles. The van der Waals surface area contributed by atoms with Gasteiger partial charge in [0.15, 0.2) is 12.4 Å². The maximum atomic E-state index is 11.9. The average molecular weight is 380 g/mol. The molecular weight excluding hydrogens is 358 g/mol. The number of halogens is 1. The molecule has 1 heterocycles. The van der Waals surface area contributed by atoms with Gasteiger partial charge in [0.05, 0.1) is 6.26 Å². The summed E-state index contributed by atoms with van der Waals surface area (Å²) in [5.41, 5.74) is 6.49. The number of hydrogen-bond donors (Lipinski definition) is 3. The lowest BCUT2D eigenvalue weighted by Gasteiger charge is -2.12. The molecule has 0 spiro atoms. The molecule has 8 heteroatoms. The molecule has 0 bridgehead atoms. The van der Waals surface area contributed by atoms with Gasteiger partial charge in [0.1, 0.15) is 5.75 Å². The Morgan fingerprint density at radius 3 is 2.77 bits per heavy atom. The summed E-state index contributed by atoms with van der Waals surface area (Å²) >= 11 is 0. The first-order valence-electron chi connectivity index (χ1n) is 8.22. The Kier molecular flexibility index (Phi) is 7.06. The van der Waals surface area contributed by atoms with Crippen LogP contribution in [0.2, 0.25) is 0 Å². The van der Waals surface area contributed by atoms with Crippen LogP contribution in [-0.2, 0) is 4.79 Å². The largest absolute Gasteiger partial charge is 0.484 e. The molecule has 1 aromatic carbocycles. The van der Waals surface area contributed by atoms with Gasteiger partial charge in [0, 0.05) is 24.3 Å². The second kappa shape index (κ2) is 9.26. The smallest absolute Gasteiger partial charge is 0.291 e. The molecule has 3 rings (SSSR count). The summed E-state index contributed by atoms with van der Waals surface area (Å²) in [5.74, 6) is 0.669. The van der Waals surface area contributed by atoms with Crippen LogP contribution in [0.3, 0.4) is 0 Å². The van der Waals surface area contributed by atoms with E-state index in [9.17, 15) is 9.59 Å². The molecule has 0 radical (unpaired) electrons. The topological polar surface area (TPSA) is 107 Å². The van der Waals surface area contributed by atoms with Crippen LogP contribution in [0.1, 0.15) is 23.4 Å². The molecule has 0 saturated heterocycles. The second-order valence-corrected chi connectivity index (χ2v) is 6.05. The normalized spacial score (nSPS) is 14.0. The van der Waals surface area contributed by atoms with Gasteiger partial charge in [-0.3, -0.25) is 9.59 Å². The Morgan fingerprint density at radius 2 is 2.08 bits per heavy atom. The maximum Gasteiger partial charge on any atom is 0.291 e. The first-order valence-corrected chi connectivity index (χ1v) is 8.22. The summed E-state index contributed by atoms with van der Waals surface area (Å²) in [7, 11) is 0.